The van der Waals surface area contributed by atoms with Crippen LogP contribution in [0.1, 0.15) is 11.1 Å². The van der Waals surface area contributed by atoms with Gasteiger partial charge in [0.1, 0.15) is 5.82 Å². The maximum absolute atomic E-state index is 13.4. The minimum absolute atomic E-state index is 0.191. The Morgan fingerprint density at radius 2 is 1.80 bits per heavy atom. The maximum atomic E-state index is 13.4. The van der Waals surface area contributed by atoms with Gasteiger partial charge in [-0.15, -0.1) is 0 Å². The standard InChI is InChI=1S/C14H15FN2O2S/c1-10-13(15)3-2-4-14(10)17-20(18,19)9-11-5-7-12(16)8-6-11/h2-8,17H,9,16H2,1H3. The largest absolute Gasteiger partial charge is 0.399 e. The summed E-state index contributed by atoms with van der Waals surface area (Å²) in [5, 5.41) is 0. The number of rotatable bonds is 4. The topological polar surface area (TPSA) is 72.2 Å². The van der Waals surface area contributed by atoms with Crippen LogP contribution in [0.2, 0.25) is 0 Å². The quantitative estimate of drug-likeness (QED) is 0.851. The number of anilines is 2. The molecule has 2 aromatic carbocycles. The van der Waals surface area contributed by atoms with E-state index in [9.17, 15) is 12.8 Å². The third kappa shape index (κ3) is 3.48. The van der Waals surface area contributed by atoms with E-state index in [-0.39, 0.29) is 17.0 Å². The van der Waals surface area contributed by atoms with Crippen molar-refractivity contribution in [3.05, 3.63) is 59.4 Å². The third-order valence-corrected chi connectivity index (χ3v) is 4.11. The molecule has 0 spiro atoms. The molecule has 20 heavy (non-hydrogen) atoms. The van der Waals surface area contributed by atoms with Gasteiger partial charge in [-0.1, -0.05) is 18.2 Å². The minimum Gasteiger partial charge on any atom is -0.399 e. The first-order chi connectivity index (χ1) is 9.37. The molecule has 0 saturated heterocycles. The highest BCUT2D eigenvalue weighted by atomic mass is 32.2. The monoisotopic (exact) mass is 294 g/mol. The Kier molecular flexibility index (Phi) is 3.94. The van der Waals surface area contributed by atoms with Gasteiger partial charge >= 0.3 is 0 Å². The fourth-order valence-electron chi connectivity index (χ4n) is 1.75. The number of nitrogens with two attached hydrogens (primary N) is 1. The predicted octanol–water partition coefficient (Wildman–Crippen LogP) is 2.66. The summed E-state index contributed by atoms with van der Waals surface area (Å²) in [6.45, 7) is 1.52. The van der Waals surface area contributed by atoms with Crippen molar-refractivity contribution >= 4 is 21.4 Å². The smallest absolute Gasteiger partial charge is 0.236 e. The molecule has 0 fully saturated rings. The number of hydrogen-bond acceptors (Lipinski definition) is 3. The molecular formula is C14H15FN2O2S. The molecule has 0 radical (unpaired) electrons. The van der Waals surface area contributed by atoms with Gasteiger partial charge in [-0.05, 0) is 36.8 Å². The van der Waals surface area contributed by atoms with E-state index in [1.54, 1.807) is 24.3 Å². The third-order valence-electron chi connectivity index (χ3n) is 2.87. The van der Waals surface area contributed by atoms with E-state index >= 15 is 0 Å². The Morgan fingerprint density at radius 3 is 2.45 bits per heavy atom. The van der Waals surface area contributed by atoms with Crippen LogP contribution < -0.4 is 10.5 Å². The molecule has 0 aromatic heterocycles. The summed E-state index contributed by atoms with van der Waals surface area (Å²) in [7, 11) is -3.60. The second kappa shape index (κ2) is 5.50. The lowest BCUT2D eigenvalue weighted by Gasteiger charge is -2.11. The van der Waals surface area contributed by atoms with E-state index in [2.05, 4.69) is 4.72 Å². The number of nitrogens with one attached hydrogen (secondary N) is 1. The molecule has 106 valence electrons. The van der Waals surface area contributed by atoms with Crippen molar-refractivity contribution in [1.29, 1.82) is 0 Å². The summed E-state index contributed by atoms with van der Waals surface area (Å²) in [5.41, 5.74) is 7.25. The maximum Gasteiger partial charge on any atom is 0.236 e. The normalized spacial score (nSPS) is 11.3. The molecule has 0 aliphatic heterocycles. The first-order valence-corrected chi connectivity index (χ1v) is 7.62. The van der Waals surface area contributed by atoms with E-state index in [1.807, 2.05) is 0 Å². The van der Waals surface area contributed by atoms with Crippen LogP contribution in [0.3, 0.4) is 0 Å². The molecule has 0 bridgehead atoms. The van der Waals surface area contributed by atoms with E-state index < -0.39 is 15.8 Å². The van der Waals surface area contributed by atoms with Gasteiger partial charge in [-0.25, -0.2) is 12.8 Å². The van der Waals surface area contributed by atoms with Crippen LogP contribution in [-0.2, 0) is 15.8 Å². The lowest BCUT2D eigenvalue weighted by Crippen LogP contribution is -2.16. The van der Waals surface area contributed by atoms with Gasteiger partial charge in [0.2, 0.25) is 10.0 Å². The molecule has 4 nitrogen and oxygen atoms in total. The van der Waals surface area contributed by atoms with Gasteiger partial charge in [-0.2, -0.15) is 0 Å². The summed E-state index contributed by atoms with van der Waals surface area (Å²) in [6.07, 6.45) is 0. The molecule has 0 saturated carbocycles. The average Bonchev–Trinajstić information content (AvgIpc) is 2.37. The van der Waals surface area contributed by atoms with Gasteiger partial charge < -0.3 is 5.73 Å². The second-order valence-corrected chi connectivity index (χ2v) is 6.24. The van der Waals surface area contributed by atoms with Crippen molar-refractivity contribution < 1.29 is 12.8 Å². The van der Waals surface area contributed by atoms with E-state index in [4.69, 9.17) is 5.73 Å². The van der Waals surface area contributed by atoms with E-state index in [0.29, 0.717) is 11.3 Å². The Morgan fingerprint density at radius 1 is 1.15 bits per heavy atom. The fraction of sp³-hybridized carbons (Fsp3) is 0.143. The molecule has 6 heteroatoms. The molecule has 0 heterocycles. The second-order valence-electron chi connectivity index (χ2n) is 4.52. The lowest BCUT2D eigenvalue weighted by molar-refractivity contribution is 0.600. The zero-order valence-corrected chi connectivity index (χ0v) is 11.7. The fourth-order valence-corrected chi connectivity index (χ4v) is 3.01. The summed E-state index contributed by atoms with van der Waals surface area (Å²) >= 11 is 0. The van der Waals surface area contributed by atoms with Crippen molar-refractivity contribution in [3.63, 3.8) is 0 Å². The molecule has 2 rings (SSSR count). The summed E-state index contributed by atoms with van der Waals surface area (Å²) in [4.78, 5) is 0. The molecule has 0 amide bonds. The van der Waals surface area contributed by atoms with Crippen molar-refractivity contribution in [1.82, 2.24) is 0 Å². The molecule has 3 N–H and O–H groups in total. The van der Waals surface area contributed by atoms with E-state index in [1.165, 1.54) is 25.1 Å². The highest BCUT2D eigenvalue weighted by molar-refractivity contribution is 7.91. The molecule has 0 atom stereocenters. The highest BCUT2D eigenvalue weighted by Crippen LogP contribution is 2.20. The van der Waals surface area contributed by atoms with Crippen LogP contribution in [0, 0.1) is 12.7 Å². The summed E-state index contributed by atoms with van der Waals surface area (Å²) < 4.78 is 39.9. The predicted molar refractivity (Wildman–Crippen MR) is 78.2 cm³/mol. The minimum atomic E-state index is -3.60. The van der Waals surface area contributed by atoms with Crippen LogP contribution in [0.25, 0.3) is 0 Å². The first kappa shape index (κ1) is 14.3. The molecule has 2 aromatic rings. The van der Waals surface area contributed by atoms with Crippen LogP contribution >= 0.6 is 0 Å². The average molecular weight is 294 g/mol. The SMILES string of the molecule is Cc1c(F)cccc1NS(=O)(=O)Cc1ccc(N)cc1. The highest BCUT2D eigenvalue weighted by Gasteiger charge is 2.14. The number of nitrogen functional groups attached to an aromatic ring is 1. The number of hydrogen-bond donors (Lipinski definition) is 2. The van der Waals surface area contributed by atoms with Crippen LogP contribution in [-0.4, -0.2) is 8.42 Å². The van der Waals surface area contributed by atoms with E-state index in [0.717, 1.165) is 0 Å². The van der Waals surface area contributed by atoms with Gasteiger partial charge in [0, 0.05) is 11.3 Å². The first-order valence-electron chi connectivity index (χ1n) is 5.97. The zero-order chi connectivity index (χ0) is 14.8. The summed E-state index contributed by atoms with van der Waals surface area (Å²) in [6, 6.07) is 10.8. The zero-order valence-electron chi connectivity index (χ0n) is 10.9. The Hall–Kier alpha value is -2.08. The number of sulfonamides is 1. The van der Waals surface area contributed by atoms with Gasteiger partial charge in [0.25, 0.3) is 0 Å². The van der Waals surface area contributed by atoms with Crippen LogP contribution in [0.5, 0.6) is 0 Å². The van der Waals surface area contributed by atoms with Gasteiger partial charge in [0.05, 0.1) is 11.4 Å². The summed E-state index contributed by atoms with van der Waals surface area (Å²) in [5.74, 6) is -0.638. The number of halogens is 1. The molecule has 0 aliphatic rings. The molecule has 0 aliphatic carbocycles. The van der Waals surface area contributed by atoms with Crippen molar-refractivity contribution in [2.24, 2.45) is 0 Å². The van der Waals surface area contributed by atoms with Crippen LogP contribution in [0.15, 0.2) is 42.5 Å². The Bertz CT molecular complexity index is 712. The molecular weight excluding hydrogens is 279 g/mol. The van der Waals surface area contributed by atoms with Crippen molar-refractivity contribution in [3.8, 4) is 0 Å². The Labute approximate surface area is 117 Å². The molecule has 0 unspecified atom stereocenters. The van der Waals surface area contributed by atoms with Gasteiger partial charge in [0.15, 0.2) is 0 Å². The Balaban J connectivity index is 2.19. The van der Waals surface area contributed by atoms with Crippen molar-refractivity contribution in [2.75, 3.05) is 10.5 Å². The van der Waals surface area contributed by atoms with Gasteiger partial charge in [-0.3, -0.25) is 4.72 Å². The van der Waals surface area contributed by atoms with Crippen molar-refractivity contribution in [2.45, 2.75) is 12.7 Å². The number of benzene rings is 2. The lowest BCUT2D eigenvalue weighted by atomic mass is 10.2. The van der Waals surface area contributed by atoms with Crippen LogP contribution in [0.4, 0.5) is 15.8 Å².